The lowest BCUT2D eigenvalue weighted by Crippen LogP contribution is -2.40. The highest BCUT2D eigenvalue weighted by Gasteiger charge is 2.41. The largest absolute Gasteiger partial charge is 0.406 e. The maximum atomic E-state index is 12.5. The third kappa shape index (κ3) is 3.36. The molecule has 2 rings (SSSR count). The fraction of sp³-hybridized carbons (Fsp3) is 0.500. The lowest BCUT2D eigenvalue weighted by Gasteiger charge is -2.24. The minimum Gasteiger partial charge on any atom is -0.397 e. The summed E-state index contributed by atoms with van der Waals surface area (Å²) in [5, 5.41) is 0. The molecule has 0 aliphatic heterocycles. The highest BCUT2D eigenvalue weighted by atomic mass is 19.4. The van der Waals surface area contributed by atoms with Crippen molar-refractivity contribution in [2.24, 2.45) is 0 Å². The van der Waals surface area contributed by atoms with Crippen LogP contribution >= 0.6 is 0 Å². The first-order valence-corrected chi connectivity index (χ1v) is 5.88. The summed E-state index contributed by atoms with van der Waals surface area (Å²) in [6.45, 7) is 0.343. The molecule has 104 valence electrons. The van der Waals surface area contributed by atoms with Crippen LogP contribution in [0.4, 0.5) is 18.9 Å². The normalized spacial score (nSPS) is 15.4. The highest BCUT2D eigenvalue weighted by Crippen LogP contribution is 2.31. The first kappa shape index (κ1) is 13.6. The first-order chi connectivity index (χ1) is 8.78. The van der Waals surface area contributed by atoms with Crippen molar-refractivity contribution in [3.63, 3.8) is 0 Å². The van der Waals surface area contributed by atoms with Gasteiger partial charge in [-0.05, 0) is 25.8 Å². The molecular weight excluding hydrogens is 259 g/mol. The van der Waals surface area contributed by atoms with E-state index in [2.05, 4.69) is 4.98 Å². The molecule has 0 spiro atoms. The Bertz CT molecular complexity index is 497. The van der Waals surface area contributed by atoms with Crippen molar-refractivity contribution in [2.45, 2.75) is 32.0 Å². The van der Waals surface area contributed by atoms with Gasteiger partial charge in [0, 0.05) is 6.04 Å². The monoisotopic (exact) mass is 273 g/mol. The number of aromatic nitrogens is 1. The molecule has 0 radical (unpaired) electrons. The van der Waals surface area contributed by atoms with E-state index in [0.29, 0.717) is 18.5 Å². The number of amides is 1. The predicted octanol–water partition coefficient (Wildman–Crippen LogP) is 2.14. The van der Waals surface area contributed by atoms with E-state index in [4.69, 9.17) is 5.73 Å². The number of nitrogens with zero attached hydrogens (tertiary/aromatic N) is 2. The average Bonchev–Trinajstić information content (AvgIpc) is 3.11. The van der Waals surface area contributed by atoms with Crippen molar-refractivity contribution in [3.05, 3.63) is 23.5 Å². The van der Waals surface area contributed by atoms with Gasteiger partial charge in [-0.3, -0.25) is 9.78 Å². The van der Waals surface area contributed by atoms with E-state index in [-0.39, 0.29) is 17.3 Å². The molecule has 2 N–H and O–H groups in total. The Morgan fingerprint density at radius 1 is 1.53 bits per heavy atom. The standard InChI is InChI=1S/C12H14F3N3O/c1-7-10(4-8(16)5-17-7)11(19)18(9-2-3-9)6-12(13,14)15/h4-5,9H,2-3,6,16H2,1H3. The van der Waals surface area contributed by atoms with Gasteiger partial charge in [-0.25, -0.2) is 0 Å². The summed E-state index contributed by atoms with van der Waals surface area (Å²) in [5.41, 5.74) is 6.31. The number of hydrogen-bond acceptors (Lipinski definition) is 3. The zero-order valence-corrected chi connectivity index (χ0v) is 10.4. The van der Waals surface area contributed by atoms with Crippen LogP contribution in [0, 0.1) is 6.92 Å². The maximum Gasteiger partial charge on any atom is 0.406 e. The number of pyridine rings is 1. The number of rotatable bonds is 3. The minimum absolute atomic E-state index is 0.135. The second-order valence-corrected chi connectivity index (χ2v) is 4.68. The van der Waals surface area contributed by atoms with Gasteiger partial charge in [0.2, 0.25) is 0 Å². The molecular formula is C12H14F3N3O. The maximum absolute atomic E-state index is 12.5. The zero-order valence-electron chi connectivity index (χ0n) is 10.4. The highest BCUT2D eigenvalue weighted by molar-refractivity contribution is 5.96. The molecule has 19 heavy (non-hydrogen) atoms. The number of halogens is 3. The van der Waals surface area contributed by atoms with Crippen LogP contribution < -0.4 is 5.73 Å². The van der Waals surface area contributed by atoms with E-state index in [1.165, 1.54) is 12.3 Å². The van der Waals surface area contributed by atoms with Crippen LogP contribution in [0.2, 0.25) is 0 Å². The molecule has 1 amide bonds. The van der Waals surface area contributed by atoms with Crippen molar-refractivity contribution in [3.8, 4) is 0 Å². The summed E-state index contributed by atoms with van der Waals surface area (Å²) in [4.78, 5) is 17.0. The van der Waals surface area contributed by atoms with E-state index in [1.807, 2.05) is 0 Å². The molecule has 0 atom stereocenters. The average molecular weight is 273 g/mol. The van der Waals surface area contributed by atoms with Crippen LogP contribution in [0.1, 0.15) is 28.9 Å². The Morgan fingerprint density at radius 2 is 2.16 bits per heavy atom. The quantitative estimate of drug-likeness (QED) is 0.917. The molecule has 1 aliphatic rings. The van der Waals surface area contributed by atoms with Crippen molar-refractivity contribution in [2.75, 3.05) is 12.3 Å². The van der Waals surface area contributed by atoms with Gasteiger partial charge in [0.1, 0.15) is 6.54 Å². The zero-order chi connectivity index (χ0) is 14.2. The van der Waals surface area contributed by atoms with Crippen LogP contribution in [0.3, 0.4) is 0 Å². The number of aryl methyl sites for hydroxylation is 1. The second kappa shape index (κ2) is 4.71. The molecule has 0 bridgehead atoms. The van der Waals surface area contributed by atoms with E-state index in [0.717, 1.165) is 4.90 Å². The van der Waals surface area contributed by atoms with Gasteiger partial charge < -0.3 is 10.6 Å². The van der Waals surface area contributed by atoms with Crippen molar-refractivity contribution >= 4 is 11.6 Å². The van der Waals surface area contributed by atoms with Gasteiger partial charge in [-0.2, -0.15) is 13.2 Å². The van der Waals surface area contributed by atoms with E-state index >= 15 is 0 Å². The predicted molar refractivity (Wildman–Crippen MR) is 63.5 cm³/mol. The summed E-state index contributed by atoms with van der Waals surface area (Å²) >= 11 is 0. The molecule has 1 fully saturated rings. The molecule has 7 heteroatoms. The number of carbonyl (C=O) groups is 1. The van der Waals surface area contributed by atoms with Gasteiger partial charge in [0.15, 0.2) is 0 Å². The number of alkyl halides is 3. The number of hydrogen-bond donors (Lipinski definition) is 1. The molecule has 1 aromatic rings. The van der Waals surface area contributed by atoms with Gasteiger partial charge in [0.05, 0.1) is 23.1 Å². The number of carbonyl (C=O) groups excluding carboxylic acids is 1. The second-order valence-electron chi connectivity index (χ2n) is 4.68. The van der Waals surface area contributed by atoms with Crippen LogP contribution in [0.25, 0.3) is 0 Å². The molecule has 1 saturated carbocycles. The Balaban J connectivity index is 2.26. The van der Waals surface area contributed by atoms with Crippen LogP contribution in [0.5, 0.6) is 0 Å². The molecule has 0 aromatic carbocycles. The summed E-state index contributed by atoms with van der Waals surface area (Å²) < 4.78 is 37.5. The Hall–Kier alpha value is -1.79. The van der Waals surface area contributed by atoms with Gasteiger partial charge in [-0.15, -0.1) is 0 Å². The van der Waals surface area contributed by atoms with E-state index in [1.54, 1.807) is 6.92 Å². The van der Waals surface area contributed by atoms with Gasteiger partial charge in [-0.1, -0.05) is 0 Å². The SMILES string of the molecule is Cc1ncc(N)cc1C(=O)N(CC(F)(F)F)C1CC1. The Morgan fingerprint density at radius 3 is 2.68 bits per heavy atom. The van der Waals surface area contributed by atoms with E-state index in [9.17, 15) is 18.0 Å². The molecule has 1 aromatic heterocycles. The minimum atomic E-state index is -4.40. The smallest absolute Gasteiger partial charge is 0.397 e. The van der Waals surface area contributed by atoms with Gasteiger partial charge in [0.25, 0.3) is 5.91 Å². The van der Waals surface area contributed by atoms with Crippen LogP contribution in [-0.2, 0) is 0 Å². The van der Waals surface area contributed by atoms with Crippen molar-refractivity contribution < 1.29 is 18.0 Å². The summed E-state index contributed by atoms with van der Waals surface area (Å²) in [7, 11) is 0. The number of nitrogen functional groups attached to an aromatic ring is 1. The lowest BCUT2D eigenvalue weighted by molar-refractivity contribution is -0.141. The molecule has 1 heterocycles. The van der Waals surface area contributed by atoms with Crippen LogP contribution in [-0.4, -0.2) is 34.6 Å². The van der Waals surface area contributed by atoms with Crippen molar-refractivity contribution in [1.29, 1.82) is 0 Å². The Kier molecular flexibility index (Phi) is 3.38. The molecule has 0 unspecified atom stereocenters. The first-order valence-electron chi connectivity index (χ1n) is 5.88. The van der Waals surface area contributed by atoms with Crippen molar-refractivity contribution in [1.82, 2.24) is 9.88 Å². The lowest BCUT2D eigenvalue weighted by atomic mass is 10.1. The summed E-state index contributed by atoms with van der Waals surface area (Å²) in [6, 6.07) is 1.05. The fourth-order valence-electron chi connectivity index (χ4n) is 1.87. The third-order valence-corrected chi connectivity index (χ3v) is 2.94. The Labute approximate surface area is 108 Å². The third-order valence-electron chi connectivity index (χ3n) is 2.94. The summed E-state index contributed by atoms with van der Waals surface area (Å²) in [6.07, 6.45) is -1.82. The number of anilines is 1. The van der Waals surface area contributed by atoms with E-state index < -0.39 is 18.6 Å². The van der Waals surface area contributed by atoms with Crippen LogP contribution in [0.15, 0.2) is 12.3 Å². The molecule has 1 aliphatic carbocycles. The molecule has 0 saturated heterocycles. The fourth-order valence-corrected chi connectivity index (χ4v) is 1.87. The molecule has 4 nitrogen and oxygen atoms in total. The summed E-state index contributed by atoms with van der Waals surface area (Å²) in [5.74, 6) is -0.655. The van der Waals surface area contributed by atoms with Gasteiger partial charge >= 0.3 is 6.18 Å². The topological polar surface area (TPSA) is 59.2 Å². The number of nitrogens with two attached hydrogens (primary N) is 1.